The number of carbonyl (C=O) groups excluding carboxylic acids is 2. The number of aliphatic hydroxyl groups excluding tert-OH is 5. The van der Waals surface area contributed by atoms with Crippen LogP contribution in [0.2, 0.25) is 0 Å². The zero-order chi connectivity index (χ0) is 15.2. The molecule has 0 spiro atoms. The van der Waals surface area contributed by atoms with E-state index in [0.29, 0.717) is 0 Å². The highest BCUT2D eigenvalue weighted by Crippen LogP contribution is 2.06. The first kappa shape index (κ1) is 17.7. The van der Waals surface area contributed by atoms with Crippen molar-refractivity contribution in [2.45, 2.75) is 38.3 Å². The monoisotopic (exact) mass is 280 g/mol. The molecular weight excluding hydrogens is 260 g/mol. The third-order valence-corrected chi connectivity index (χ3v) is 2.37. The average molecular weight is 280 g/mol. The van der Waals surface area contributed by atoms with Crippen molar-refractivity contribution in [2.24, 2.45) is 0 Å². The Balaban J connectivity index is 4.58. The largest absolute Gasteiger partial charge is 0.394 e. The molecule has 0 rings (SSSR count). The fourth-order valence-electron chi connectivity index (χ4n) is 1.30. The predicted octanol–water partition coefficient (Wildman–Crippen LogP) is -3.68. The van der Waals surface area contributed by atoms with Crippen LogP contribution in [0.15, 0.2) is 0 Å². The number of hydrogen-bond acceptors (Lipinski definition) is 7. The second-order valence-corrected chi connectivity index (χ2v) is 4.10. The number of nitrogens with one attached hydrogen (secondary N) is 1. The Morgan fingerprint density at radius 2 is 1.53 bits per heavy atom. The first-order valence-electron chi connectivity index (χ1n) is 5.59. The van der Waals surface area contributed by atoms with E-state index in [4.69, 9.17) is 10.2 Å². The van der Waals surface area contributed by atoms with Crippen molar-refractivity contribution >= 4 is 11.8 Å². The highest BCUT2D eigenvalue weighted by atomic mass is 16.4. The van der Waals surface area contributed by atoms with Gasteiger partial charge in [0.15, 0.2) is 0 Å². The number of aliphatic hydroxyl groups is 5. The molecule has 0 fully saturated rings. The quantitative estimate of drug-likeness (QED) is 0.274. The summed E-state index contributed by atoms with van der Waals surface area (Å²) in [5.41, 5.74) is 2.13. The Hall–Kier alpha value is -1.26. The predicted molar refractivity (Wildman–Crippen MR) is 62.3 cm³/mol. The van der Waals surface area contributed by atoms with Crippen LogP contribution in [0.25, 0.3) is 0 Å². The van der Waals surface area contributed by atoms with Gasteiger partial charge in [-0.15, -0.1) is 0 Å². The normalized spacial score (nSPS) is 17.2. The van der Waals surface area contributed by atoms with Gasteiger partial charge in [-0.05, 0) is 0 Å². The summed E-state index contributed by atoms with van der Waals surface area (Å²) < 4.78 is 0. The summed E-state index contributed by atoms with van der Waals surface area (Å²) in [5.74, 6) is -1.13. The van der Waals surface area contributed by atoms with Crippen molar-refractivity contribution in [3.8, 4) is 0 Å². The van der Waals surface area contributed by atoms with Gasteiger partial charge in [0, 0.05) is 13.8 Å². The number of hydrazine groups is 1. The summed E-state index contributed by atoms with van der Waals surface area (Å²) in [6.07, 6.45) is -6.83. The van der Waals surface area contributed by atoms with Crippen LogP contribution in [-0.4, -0.2) is 79.9 Å². The standard InChI is InChI=1S/C10H20N2O7/c1-5(14)11-12(6(2)15)3-7(16)9(18)10(19)8(17)4-13/h7-10,13,16-19H,3-4H2,1-2H3,(H,11,14)/t7-,8-,9+,10+/m1/s1. The molecule has 0 radical (unpaired) electrons. The van der Waals surface area contributed by atoms with E-state index in [1.165, 1.54) is 0 Å². The van der Waals surface area contributed by atoms with Gasteiger partial charge >= 0.3 is 0 Å². The van der Waals surface area contributed by atoms with E-state index in [9.17, 15) is 24.9 Å². The Labute approximate surface area is 110 Å². The lowest BCUT2D eigenvalue weighted by atomic mass is 10.0. The smallest absolute Gasteiger partial charge is 0.237 e. The Morgan fingerprint density at radius 3 is 1.89 bits per heavy atom. The van der Waals surface area contributed by atoms with Crippen LogP contribution in [-0.2, 0) is 9.59 Å². The first-order chi connectivity index (χ1) is 8.70. The highest BCUT2D eigenvalue weighted by molar-refractivity contribution is 5.79. The van der Waals surface area contributed by atoms with Crippen molar-refractivity contribution in [2.75, 3.05) is 13.2 Å². The minimum Gasteiger partial charge on any atom is -0.394 e. The van der Waals surface area contributed by atoms with Crippen molar-refractivity contribution in [1.82, 2.24) is 10.4 Å². The van der Waals surface area contributed by atoms with Crippen LogP contribution >= 0.6 is 0 Å². The lowest BCUT2D eigenvalue weighted by molar-refractivity contribution is -0.147. The molecule has 0 aliphatic rings. The fraction of sp³-hybridized carbons (Fsp3) is 0.800. The molecule has 0 bridgehead atoms. The molecule has 0 saturated carbocycles. The molecule has 0 saturated heterocycles. The summed E-state index contributed by atoms with van der Waals surface area (Å²) in [4.78, 5) is 22.0. The lowest BCUT2D eigenvalue weighted by Gasteiger charge is -2.29. The van der Waals surface area contributed by atoms with Crippen molar-refractivity contribution in [3.05, 3.63) is 0 Å². The van der Waals surface area contributed by atoms with Crippen LogP contribution < -0.4 is 5.43 Å². The SMILES string of the molecule is CC(=O)NN(C[C@@H](O)[C@H](O)[C@@H](O)[C@H](O)CO)C(C)=O. The van der Waals surface area contributed by atoms with E-state index in [2.05, 4.69) is 5.43 Å². The second-order valence-electron chi connectivity index (χ2n) is 4.10. The molecular formula is C10H20N2O7. The molecule has 6 N–H and O–H groups in total. The zero-order valence-electron chi connectivity index (χ0n) is 10.7. The van der Waals surface area contributed by atoms with E-state index >= 15 is 0 Å². The minimum atomic E-state index is -1.79. The Kier molecular flexibility index (Phi) is 7.49. The molecule has 0 heterocycles. The first-order valence-corrected chi connectivity index (χ1v) is 5.59. The van der Waals surface area contributed by atoms with Crippen LogP contribution in [0.1, 0.15) is 13.8 Å². The van der Waals surface area contributed by atoms with Crippen LogP contribution in [0.5, 0.6) is 0 Å². The summed E-state index contributed by atoms with van der Waals surface area (Å²) in [6.45, 7) is 1.01. The molecule has 19 heavy (non-hydrogen) atoms. The van der Waals surface area contributed by atoms with Crippen LogP contribution in [0.3, 0.4) is 0 Å². The number of hydrogen-bond donors (Lipinski definition) is 6. The van der Waals surface area contributed by atoms with E-state index in [-0.39, 0.29) is 0 Å². The molecule has 0 aliphatic heterocycles. The molecule has 0 unspecified atom stereocenters. The van der Waals surface area contributed by atoms with Gasteiger partial charge in [0.2, 0.25) is 11.8 Å². The van der Waals surface area contributed by atoms with Gasteiger partial charge in [0.1, 0.15) is 24.4 Å². The van der Waals surface area contributed by atoms with E-state index in [1.54, 1.807) is 0 Å². The third-order valence-electron chi connectivity index (χ3n) is 2.37. The van der Waals surface area contributed by atoms with Gasteiger partial charge in [-0.25, -0.2) is 0 Å². The zero-order valence-corrected chi connectivity index (χ0v) is 10.7. The number of nitrogens with zero attached hydrogens (tertiary/aromatic N) is 1. The molecule has 9 heteroatoms. The van der Waals surface area contributed by atoms with Gasteiger partial charge in [0.25, 0.3) is 0 Å². The van der Waals surface area contributed by atoms with E-state index in [1.807, 2.05) is 0 Å². The van der Waals surface area contributed by atoms with Gasteiger partial charge in [-0.3, -0.25) is 20.0 Å². The van der Waals surface area contributed by atoms with Crippen LogP contribution in [0, 0.1) is 0 Å². The number of carbonyl (C=O) groups is 2. The lowest BCUT2D eigenvalue weighted by Crippen LogP contribution is -2.54. The average Bonchev–Trinajstić information content (AvgIpc) is 2.34. The summed E-state index contributed by atoms with van der Waals surface area (Å²) in [7, 11) is 0. The Morgan fingerprint density at radius 1 is 1.05 bits per heavy atom. The molecule has 2 amide bonds. The summed E-state index contributed by atoms with van der Waals surface area (Å²) in [5, 5.41) is 47.0. The van der Waals surface area contributed by atoms with E-state index in [0.717, 1.165) is 18.9 Å². The van der Waals surface area contributed by atoms with Crippen molar-refractivity contribution in [1.29, 1.82) is 0 Å². The maximum Gasteiger partial charge on any atom is 0.237 e. The van der Waals surface area contributed by atoms with Gasteiger partial charge < -0.3 is 25.5 Å². The summed E-state index contributed by atoms with van der Waals surface area (Å²) >= 11 is 0. The highest BCUT2D eigenvalue weighted by Gasteiger charge is 2.31. The summed E-state index contributed by atoms with van der Waals surface area (Å²) in [6, 6.07) is 0. The van der Waals surface area contributed by atoms with E-state index < -0.39 is 49.4 Å². The van der Waals surface area contributed by atoms with Crippen molar-refractivity contribution in [3.63, 3.8) is 0 Å². The second kappa shape index (κ2) is 8.02. The molecule has 0 aliphatic carbocycles. The van der Waals surface area contributed by atoms with Crippen molar-refractivity contribution < 1.29 is 35.1 Å². The molecule has 112 valence electrons. The maximum absolute atomic E-state index is 11.2. The van der Waals surface area contributed by atoms with Gasteiger partial charge in [-0.2, -0.15) is 0 Å². The molecule has 0 aromatic rings. The molecule has 4 atom stereocenters. The number of amides is 2. The Bertz CT molecular complexity index is 312. The maximum atomic E-state index is 11.2. The number of rotatable bonds is 6. The third kappa shape index (κ3) is 5.94. The van der Waals surface area contributed by atoms with Crippen LogP contribution in [0.4, 0.5) is 0 Å². The molecule has 0 aromatic heterocycles. The topological polar surface area (TPSA) is 151 Å². The van der Waals surface area contributed by atoms with Gasteiger partial charge in [-0.1, -0.05) is 0 Å². The molecule has 0 aromatic carbocycles. The fourth-order valence-corrected chi connectivity index (χ4v) is 1.30. The minimum absolute atomic E-state index is 0.481. The van der Waals surface area contributed by atoms with Gasteiger partial charge in [0.05, 0.1) is 13.2 Å². The molecule has 9 nitrogen and oxygen atoms in total.